The van der Waals surface area contributed by atoms with Crippen LogP contribution in [0, 0.1) is 0 Å². The molecule has 1 aliphatic rings. The lowest BCUT2D eigenvalue weighted by atomic mass is 9.96. The first-order valence-corrected chi connectivity index (χ1v) is 6.65. The molecule has 98 valence electrons. The number of rotatable bonds is 4. The average molecular weight is 246 g/mol. The van der Waals surface area contributed by atoms with Gasteiger partial charge in [-0.3, -0.25) is 4.79 Å². The number of fused-ring (bicyclic) bond motifs is 1. The maximum absolute atomic E-state index is 12.0. The Morgan fingerprint density at radius 1 is 1.44 bits per heavy atom. The van der Waals surface area contributed by atoms with Crippen molar-refractivity contribution < 1.29 is 4.79 Å². The summed E-state index contributed by atoms with van der Waals surface area (Å²) in [5.74, 6) is 0.444. The topological polar surface area (TPSA) is 41.1 Å². The zero-order chi connectivity index (χ0) is 13.2. The lowest BCUT2D eigenvalue weighted by Crippen LogP contribution is -2.43. The van der Waals surface area contributed by atoms with E-state index < -0.39 is 0 Å². The average Bonchev–Trinajstić information content (AvgIpc) is 2.72. The fraction of sp³-hybridized carbons (Fsp3) is 0.533. The van der Waals surface area contributed by atoms with Crippen LogP contribution >= 0.6 is 0 Å². The van der Waals surface area contributed by atoms with Crippen molar-refractivity contribution in [3.63, 3.8) is 0 Å². The summed E-state index contributed by atoms with van der Waals surface area (Å²) in [5, 5.41) is 6.45. The van der Waals surface area contributed by atoms with Crippen LogP contribution in [0.2, 0.25) is 0 Å². The van der Waals surface area contributed by atoms with Gasteiger partial charge in [0.25, 0.3) is 0 Å². The molecule has 1 atom stereocenters. The highest BCUT2D eigenvalue weighted by Gasteiger charge is 2.26. The Morgan fingerprint density at radius 3 is 2.89 bits per heavy atom. The Kier molecular flexibility index (Phi) is 3.60. The van der Waals surface area contributed by atoms with Crippen molar-refractivity contribution in [3.8, 4) is 0 Å². The van der Waals surface area contributed by atoms with Gasteiger partial charge < -0.3 is 10.6 Å². The smallest absolute Gasteiger partial charge is 0.221 e. The third-order valence-electron chi connectivity index (χ3n) is 3.73. The van der Waals surface area contributed by atoms with E-state index in [-0.39, 0.29) is 11.4 Å². The number of hydrogen-bond donors (Lipinski definition) is 2. The molecule has 0 radical (unpaired) electrons. The summed E-state index contributed by atoms with van der Waals surface area (Å²) in [6.45, 7) is 7.07. The molecule has 0 bridgehead atoms. The highest BCUT2D eigenvalue weighted by atomic mass is 16.1. The number of carbonyl (C=O) groups is 1. The first-order chi connectivity index (χ1) is 8.52. The predicted molar refractivity (Wildman–Crippen MR) is 74.8 cm³/mol. The van der Waals surface area contributed by atoms with Gasteiger partial charge in [-0.1, -0.05) is 25.1 Å². The van der Waals surface area contributed by atoms with Crippen LogP contribution in [-0.4, -0.2) is 18.0 Å². The lowest BCUT2D eigenvalue weighted by Gasteiger charge is -2.25. The van der Waals surface area contributed by atoms with Gasteiger partial charge in [0.15, 0.2) is 0 Å². The van der Waals surface area contributed by atoms with Crippen molar-refractivity contribution in [2.24, 2.45) is 0 Å². The SMILES string of the molecule is CCC(C)(C)NC(=O)CC1CNc2ccccc21. The van der Waals surface area contributed by atoms with E-state index >= 15 is 0 Å². The summed E-state index contributed by atoms with van der Waals surface area (Å²) < 4.78 is 0. The first-order valence-electron chi connectivity index (χ1n) is 6.65. The van der Waals surface area contributed by atoms with E-state index in [2.05, 4.69) is 43.5 Å². The molecule has 1 aromatic carbocycles. The number of amides is 1. The Bertz CT molecular complexity index is 440. The summed E-state index contributed by atoms with van der Waals surface area (Å²) in [4.78, 5) is 12.0. The molecule has 18 heavy (non-hydrogen) atoms. The van der Waals surface area contributed by atoms with Gasteiger partial charge in [0.05, 0.1) is 0 Å². The van der Waals surface area contributed by atoms with Crippen molar-refractivity contribution in [2.75, 3.05) is 11.9 Å². The van der Waals surface area contributed by atoms with E-state index in [0.29, 0.717) is 12.3 Å². The van der Waals surface area contributed by atoms with Gasteiger partial charge >= 0.3 is 0 Å². The van der Waals surface area contributed by atoms with Crippen LogP contribution in [-0.2, 0) is 4.79 Å². The number of hydrogen-bond acceptors (Lipinski definition) is 2. The summed E-state index contributed by atoms with van der Waals surface area (Å²) in [7, 11) is 0. The molecule has 0 saturated heterocycles. The molecule has 0 fully saturated rings. The summed E-state index contributed by atoms with van der Waals surface area (Å²) in [6, 6.07) is 8.24. The summed E-state index contributed by atoms with van der Waals surface area (Å²) in [5.41, 5.74) is 2.33. The largest absolute Gasteiger partial charge is 0.384 e. The van der Waals surface area contributed by atoms with Crippen LogP contribution < -0.4 is 10.6 Å². The van der Waals surface area contributed by atoms with E-state index in [9.17, 15) is 4.79 Å². The quantitative estimate of drug-likeness (QED) is 0.857. The second kappa shape index (κ2) is 5.01. The Balaban J connectivity index is 1.98. The van der Waals surface area contributed by atoms with Crippen LogP contribution in [0.3, 0.4) is 0 Å². The molecule has 3 nitrogen and oxygen atoms in total. The molecule has 1 aromatic rings. The normalized spacial score (nSPS) is 18.1. The maximum atomic E-state index is 12.0. The first kappa shape index (κ1) is 12.9. The molecule has 2 rings (SSSR count). The van der Waals surface area contributed by atoms with Gasteiger partial charge in [-0.25, -0.2) is 0 Å². The van der Waals surface area contributed by atoms with Crippen LogP contribution in [0.5, 0.6) is 0 Å². The van der Waals surface area contributed by atoms with Gasteiger partial charge in [-0.15, -0.1) is 0 Å². The van der Waals surface area contributed by atoms with Crippen LogP contribution in [0.15, 0.2) is 24.3 Å². The number of benzene rings is 1. The second-order valence-corrected chi connectivity index (χ2v) is 5.65. The lowest BCUT2D eigenvalue weighted by molar-refractivity contribution is -0.123. The molecule has 2 N–H and O–H groups in total. The third kappa shape index (κ3) is 2.84. The second-order valence-electron chi connectivity index (χ2n) is 5.65. The standard InChI is InChI=1S/C15H22N2O/c1-4-15(2,3)17-14(18)9-11-10-16-13-8-6-5-7-12(11)13/h5-8,11,16H,4,9-10H2,1-3H3,(H,17,18). The van der Waals surface area contributed by atoms with E-state index in [0.717, 1.165) is 13.0 Å². The highest BCUT2D eigenvalue weighted by Crippen LogP contribution is 2.33. The van der Waals surface area contributed by atoms with E-state index in [1.165, 1.54) is 11.3 Å². The minimum absolute atomic E-state index is 0.108. The minimum Gasteiger partial charge on any atom is -0.384 e. The summed E-state index contributed by atoms with van der Waals surface area (Å²) >= 11 is 0. The van der Waals surface area contributed by atoms with Crippen molar-refractivity contribution in [1.82, 2.24) is 5.32 Å². The molecular weight excluding hydrogens is 224 g/mol. The molecule has 1 unspecified atom stereocenters. The molecule has 1 aliphatic heterocycles. The Labute approximate surface area is 109 Å². The van der Waals surface area contributed by atoms with E-state index in [1.54, 1.807) is 0 Å². The van der Waals surface area contributed by atoms with Crippen molar-refractivity contribution in [2.45, 2.75) is 45.1 Å². The molecule has 1 heterocycles. The van der Waals surface area contributed by atoms with Gasteiger partial charge in [-0.05, 0) is 31.9 Å². The number of para-hydroxylation sites is 1. The minimum atomic E-state index is -0.108. The van der Waals surface area contributed by atoms with Crippen LogP contribution in [0.1, 0.15) is 45.1 Å². The van der Waals surface area contributed by atoms with E-state index in [1.807, 2.05) is 12.1 Å². The van der Waals surface area contributed by atoms with Gasteiger partial charge in [-0.2, -0.15) is 0 Å². The Morgan fingerprint density at radius 2 is 2.17 bits per heavy atom. The third-order valence-corrected chi connectivity index (χ3v) is 3.73. The molecule has 1 amide bonds. The molecule has 0 aliphatic carbocycles. The highest BCUT2D eigenvalue weighted by molar-refractivity contribution is 5.78. The molecule has 3 heteroatoms. The van der Waals surface area contributed by atoms with Crippen molar-refractivity contribution in [3.05, 3.63) is 29.8 Å². The van der Waals surface area contributed by atoms with Crippen LogP contribution in [0.4, 0.5) is 5.69 Å². The summed E-state index contributed by atoms with van der Waals surface area (Å²) in [6.07, 6.45) is 1.51. The molecule has 0 aromatic heterocycles. The predicted octanol–water partition coefficient (Wildman–Crippen LogP) is 2.89. The van der Waals surface area contributed by atoms with E-state index in [4.69, 9.17) is 0 Å². The van der Waals surface area contributed by atoms with Gasteiger partial charge in [0, 0.05) is 30.1 Å². The maximum Gasteiger partial charge on any atom is 0.221 e. The molecular formula is C15H22N2O. The Hall–Kier alpha value is -1.51. The number of carbonyl (C=O) groups excluding carboxylic acids is 1. The number of nitrogens with one attached hydrogen (secondary N) is 2. The fourth-order valence-electron chi connectivity index (χ4n) is 2.28. The zero-order valence-electron chi connectivity index (χ0n) is 11.4. The van der Waals surface area contributed by atoms with Crippen LogP contribution in [0.25, 0.3) is 0 Å². The van der Waals surface area contributed by atoms with Gasteiger partial charge in [0.2, 0.25) is 5.91 Å². The van der Waals surface area contributed by atoms with Gasteiger partial charge in [0.1, 0.15) is 0 Å². The zero-order valence-corrected chi connectivity index (χ0v) is 11.4. The molecule has 0 spiro atoms. The van der Waals surface area contributed by atoms with Crippen molar-refractivity contribution >= 4 is 11.6 Å². The molecule has 0 saturated carbocycles. The fourth-order valence-corrected chi connectivity index (χ4v) is 2.28. The monoisotopic (exact) mass is 246 g/mol. The van der Waals surface area contributed by atoms with Crippen molar-refractivity contribution in [1.29, 1.82) is 0 Å². The number of anilines is 1.